The van der Waals surface area contributed by atoms with Crippen molar-refractivity contribution in [1.29, 1.82) is 0 Å². The number of aryl methyl sites for hydroxylation is 1. The first kappa shape index (κ1) is 17.8. The molecule has 1 atom stereocenters. The number of hydrogen-bond acceptors (Lipinski definition) is 2. The highest BCUT2D eigenvalue weighted by Crippen LogP contribution is 2.20. The van der Waals surface area contributed by atoms with Crippen LogP contribution in [0.3, 0.4) is 0 Å². The van der Waals surface area contributed by atoms with E-state index < -0.39 is 11.9 Å². The molecule has 0 aliphatic carbocycles. The minimum atomic E-state index is -0.896. The summed E-state index contributed by atoms with van der Waals surface area (Å²) in [7, 11) is 0. The van der Waals surface area contributed by atoms with Gasteiger partial charge in [-0.05, 0) is 56.2 Å². The lowest BCUT2D eigenvalue weighted by Crippen LogP contribution is -2.40. The third-order valence-electron chi connectivity index (χ3n) is 4.37. The minimum Gasteiger partial charge on any atom is -0.481 e. The average molecular weight is 338 g/mol. The van der Waals surface area contributed by atoms with Crippen molar-refractivity contribution in [2.75, 3.05) is 13.1 Å². The molecule has 1 aromatic rings. The van der Waals surface area contributed by atoms with Gasteiger partial charge in [0.15, 0.2) is 0 Å². The number of rotatable bonds is 7. The molecular formula is C18H24ClNO3. The molecule has 1 aliphatic heterocycles. The molecule has 1 N–H and O–H groups in total. The van der Waals surface area contributed by atoms with Gasteiger partial charge in [0, 0.05) is 24.0 Å². The van der Waals surface area contributed by atoms with Crippen LogP contribution in [0.2, 0.25) is 5.02 Å². The molecule has 0 bridgehead atoms. The molecule has 1 saturated heterocycles. The molecular weight excluding hydrogens is 314 g/mol. The summed E-state index contributed by atoms with van der Waals surface area (Å²) in [5, 5.41) is 9.80. The number of piperidine rings is 1. The summed E-state index contributed by atoms with van der Waals surface area (Å²) < 4.78 is 0. The van der Waals surface area contributed by atoms with Crippen molar-refractivity contribution < 1.29 is 14.7 Å². The number of benzene rings is 1. The van der Waals surface area contributed by atoms with E-state index in [2.05, 4.69) is 0 Å². The maximum absolute atomic E-state index is 12.6. The smallest absolute Gasteiger partial charge is 0.304 e. The third kappa shape index (κ3) is 5.87. The molecule has 0 radical (unpaired) electrons. The number of hydrogen-bond donors (Lipinski definition) is 1. The first-order valence-electron chi connectivity index (χ1n) is 8.31. The standard InChI is InChI=1S/C18H24ClNO3/c19-16-9-7-14(8-10-16)5-4-6-15(13-17(21)22)18(23)20-11-2-1-3-12-20/h7-10,15H,1-6,11-13H2,(H,21,22). The Morgan fingerprint density at radius 3 is 2.39 bits per heavy atom. The molecule has 23 heavy (non-hydrogen) atoms. The van der Waals surface area contributed by atoms with Gasteiger partial charge in [0.05, 0.1) is 6.42 Å². The molecule has 5 heteroatoms. The second-order valence-corrected chi connectivity index (χ2v) is 6.64. The predicted octanol–water partition coefficient (Wildman–Crippen LogP) is 3.77. The van der Waals surface area contributed by atoms with Crippen molar-refractivity contribution in [2.45, 2.75) is 44.9 Å². The van der Waals surface area contributed by atoms with E-state index in [1.165, 1.54) is 0 Å². The van der Waals surface area contributed by atoms with Crippen molar-refractivity contribution in [3.8, 4) is 0 Å². The molecule has 0 aromatic heterocycles. The lowest BCUT2D eigenvalue weighted by molar-refractivity contribution is -0.145. The number of nitrogens with zero attached hydrogens (tertiary/aromatic N) is 1. The van der Waals surface area contributed by atoms with E-state index in [9.17, 15) is 9.59 Å². The molecule has 0 saturated carbocycles. The number of amides is 1. The van der Waals surface area contributed by atoms with Crippen molar-refractivity contribution in [3.05, 3.63) is 34.9 Å². The number of aliphatic carboxylic acids is 1. The Labute approximate surface area is 142 Å². The van der Waals surface area contributed by atoms with E-state index >= 15 is 0 Å². The summed E-state index contributed by atoms with van der Waals surface area (Å²) in [5.41, 5.74) is 1.16. The van der Waals surface area contributed by atoms with Gasteiger partial charge < -0.3 is 10.0 Å². The number of carboxylic acids is 1. The van der Waals surface area contributed by atoms with Gasteiger partial charge in [-0.25, -0.2) is 0 Å². The van der Waals surface area contributed by atoms with E-state index in [-0.39, 0.29) is 12.3 Å². The van der Waals surface area contributed by atoms with Crippen LogP contribution in [0.5, 0.6) is 0 Å². The molecule has 1 heterocycles. The van der Waals surface area contributed by atoms with Crippen LogP contribution < -0.4 is 0 Å². The van der Waals surface area contributed by atoms with Gasteiger partial charge in [-0.1, -0.05) is 23.7 Å². The van der Waals surface area contributed by atoms with Gasteiger partial charge in [0.25, 0.3) is 0 Å². The molecule has 1 aromatic carbocycles. The minimum absolute atomic E-state index is 0.0169. The number of halogens is 1. The molecule has 0 spiro atoms. The van der Waals surface area contributed by atoms with E-state index in [0.29, 0.717) is 11.4 Å². The highest BCUT2D eigenvalue weighted by atomic mass is 35.5. The van der Waals surface area contributed by atoms with Crippen LogP contribution in [0, 0.1) is 5.92 Å². The predicted molar refractivity (Wildman–Crippen MR) is 90.6 cm³/mol. The Hall–Kier alpha value is -1.55. The van der Waals surface area contributed by atoms with Gasteiger partial charge in [-0.3, -0.25) is 9.59 Å². The van der Waals surface area contributed by atoms with Gasteiger partial charge >= 0.3 is 5.97 Å². The lowest BCUT2D eigenvalue weighted by atomic mass is 9.94. The molecule has 2 rings (SSSR count). The summed E-state index contributed by atoms with van der Waals surface area (Å²) in [6, 6.07) is 7.65. The number of carboxylic acid groups (broad SMARTS) is 1. The number of likely N-dealkylation sites (tertiary alicyclic amines) is 1. The lowest BCUT2D eigenvalue weighted by Gasteiger charge is -2.30. The third-order valence-corrected chi connectivity index (χ3v) is 4.62. The molecule has 1 aliphatic rings. The fourth-order valence-corrected chi connectivity index (χ4v) is 3.23. The maximum atomic E-state index is 12.6. The summed E-state index contributed by atoms with van der Waals surface area (Å²) >= 11 is 5.87. The van der Waals surface area contributed by atoms with Crippen molar-refractivity contribution >= 4 is 23.5 Å². The second-order valence-electron chi connectivity index (χ2n) is 6.20. The van der Waals surface area contributed by atoms with Crippen LogP contribution >= 0.6 is 11.6 Å². The van der Waals surface area contributed by atoms with Crippen LogP contribution in [-0.2, 0) is 16.0 Å². The summed E-state index contributed by atoms with van der Waals surface area (Å²) in [4.78, 5) is 25.5. The van der Waals surface area contributed by atoms with Crippen LogP contribution in [0.1, 0.15) is 44.1 Å². The van der Waals surface area contributed by atoms with Crippen molar-refractivity contribution in [2.24, 2.45) is 5.92 Å². The second kappa shape index (κ2) is 8.92. The Kier molecular flexibility index (Phi) is 6.90. The quantitative estimate of drug-likeness (QED) is 0.824. The maximum Gasteiger partial charge on any atom is 0.304 e. The number of carbonyl (C=O) groups excluding carboxylic acids is 1. The molecule has 1 amide bonds. The summed E-state index contributed by atoms with van der Waals surface area (Å²) in [6.45, 7) is 1.54. The van der Waals surface area contributed by atoms with E-state index in [1.54, 1.807) is 0 Å². The zero-order valence-corrected chi connectivity index (χ0v) is 14.1. The Bertz CT molecular complexity index is 524. The fraction of sp³-hybridized carbons (Fsp3) is 0.556. The first-order valence-corrected chi connectivity index (χ1v) is 8.69. The Morgan fingerprint density at radius 2 is 1.78 bits per heavy atom. The number of carbonyl (C=O) groups is 2. The topological polar surface area (TPSA) is 57.6 Å². The zero-order valence-electron chi connectivity index (χ0n) is 13.3. The van der Waals surface area contributed by atoms with E-state index in [1.807, 2.05) is 29.2 Å². The van der Waals surface area contributed by atoms with Crippen LogP contribution in [0.4, 0.5) is 0 Å². The first-order chi connectivity index (χ1) is 11.1. The largest absolute Gasteiger partial charge is 0.481 e. The van der Waals surface area contributed by atoms with Crippen molar-refractivity contribution in [3.63, 3.8) is 0 Å². The zero-order chi connectivity index (χ0) is 16.7. The normalized spacial score (nSPS) is 16.1. The average Bonchev–Trinajstić information content (AvgIpc) is 2.55. The van der Waals surface area contributed by atoms with Gasteiger partial charge in [0.2, 0.25) is 5.91 Å². The van der Waals surface area contributed by atoms with Crippen LogP contribution in [0.15, 0.2) is 24.3 Å². The summed E-state index contributed by atoms with van der Waals surface area (Å²) in [5.74, 6) is -1.28. The SMILES string of the molecule is O=C(O)CC(CCCc1ccc(Cl)cc1)C(=O)N1CCCCC1. The summed E-state index contributed by atoms with van der Waals surface area (Å²) in [6.07, 6.45) is 5.39. The highest BCUT2D eigenvalue weighted by Gasteiger charge is 2.27. The van der Waals surface area contributed by atoms with Gasteiger partial charge in [-0.2, -0.15) is 0 Å². The van der Waals surface area contributed by atoms with Crippen LogP contribution in [0.25, 0.3) is 0 Å². The monoisotopic (exact) mass is 337 g/mol. The fourth-order valence-electron chi connectivity index (χ4n) is 3.10. The molecule has 1 fully saturated rings. The van der Waals surface area contributed by atoms with Crippen molar-refractivity contribution in [1.82, 2.24) is 4.90 Å². The molecule has 4 nitrogen and oxygen atoms in total. The molecule has 1 unspecified atom stereocenters. The highest BCUT2D eigenvalue weighted by molar-refractivity contribution is 6.30. The molecule has 126 valence electrons. The van der Waals surface area contributed by atoms with Gasteiger partial charge in [0.1, 0.15) is 0 Å². The Morgan fingerprint density at radius 1 is 1.13 bits per heavy atom. The van der Waals surface area contributed by atoms with Gasteiger partial charge in [-0.15, -0.1) is 0 Å². The van der Waals surface area contributed by atoms with Crippen LogP contribution in [-0.4, -0.2) is 35.0 Å². The van der Waals surface area contributed by atoms with E-state index in [4.69, 9.17) is 16.7 Å². The Balaban J connectivity index is 1.88. The van der Waals surface area contributed by atoms with E-state index in [0.717, 1.165) is 50.8 Å².